The van der Waals surface area contributed by atoms with Gasteiger partial charge in [-0.15, -0.1) is 0 Å². The maximum absolute atomic E-state index is 6.44. The van der Waals surface area contributed by atoms with Gasteiger partial charge in [-0.2, -0.15) is 0 Å². The number of pyridine rings is 1. The van der Waals surface area contributed by atoms with E-state index in [1.165, 1.54) is 0 Å². The Balaban J connectivity index is 1.75. The number of guanidine groups is 1. The molecule has 6 nitrogen and oxygen atoms in total. The molecule has 1 aromatic heterocycles. The molecule has 1 aliphatic rings. The predicted molar refractivity (Wildman–Crippen MR) is 118 cm³/mol. The third-order valence-corrected chi connectivity index (χ3v) is 5.64. The van der Waals surface area contributed by atoms with Crippen molar-refractivity contribution in [1.82, 2.24) is 9.88 Å². The minimum Gasteiger partial charge on any atom is -0.497 e. The number of aliphatic imine (C=N–C) groups is 1. The molecule has 2 N–H and O–H groups in total. The van der Waals surface area contributed by atoms with Crippen LogP contribution in [-0.4, -0.2) is 36.6 Å². The molecule has 0 atom stereocenters. The molecule has 0 bridgehead atoms. The van der Waals surface area contributed by atoms with Crippen LogP contribution in [0.15, 0.2) is 71.9 Å². The maximum atomic E-state index is 6.44. The van der Waals surface area contributed by atoms with Crippen molar-refractivity contribution in [2.75, 3.05) is 20.8 Å². The van der Waals surface area contributed by atoms with Crippen LogP contribution in [0.2, 0.25) is 0 Å². The van der Waals surface area contributed by atoms with E-state index in [4.69, 9.17) is 20.2 Å². The smallest absolute Gasteiger partial charge is 0.193 e. The second-order valence-corrected chi connectivity index (χ2v) is 7.41. The molecule has 0 amide bonds. The Morgan fingerprint density at radius 1 is 0.933 bits per heavy atom. The molecule has 0 saturated carbocycles. The Hall–Kier alpha value is -3.54. The molecule has 1 aliphatic heterocycles. The summed E-state index contributed by atoms with van der Waals surface area (Å²) in [6, 6.07) is 20.0. The lowest BCUT2D eigenvalue weighted by molar-refractivity contribution is 0.367. The number of methoxy groups -OCH3 is 2. The quantitative estimate of drug-likeness (QED) is 0.683. The summed E-state index contributed by atoms with van der Waals surface area (Å²) < 4.78 is 10.7. The van der Waals surface area contributed by atoms with Crippen LogP contribution in [0.1, 0.15) is 22.4 Å². The molecule has 2 heterocycles. The summed E-state index contributed by atoms with van der Waals surface area (Å²) in [5.41, 5.74) is 10.1. The van der Waals surface area contributed by atoms with E-state index in [1.54, 1.807) is 14.2 Å². The lowest BCUT2D eigenvalue weighted by Crippen LogP contribution is -2.37. The monoisotopic (exact) mass is 402 g/mol. The first-order chi connectivity index (χ1) is 14.6. The highest BCUT2D eigenvalue weighted by atomic mass is 16.5. The third kappa shape index (κ3) is 3.56. The number of ether oxygens (including phenoxy) is 2. The standard InChI is InChI=1S/C24H26N4O2/c1-17-5-4-14-26-22(17)15-28-16-24(27-23(28)25,18-6-10-20(29-2)11-7-18)19-8-12-21(30-3)13-9-19/h4-14H,15-16H2,1-3H3,(H2,25,27). The van der Waals surface area contributed by atoms with Crippen molar-refractivity contribution in [1.29, 1.82) is 0 Å². The number of nitrogens with two attached hydrogens (primary N) is 1. The molecule has 6 heteroatoms. The maximum Gasteiger partial charge on any atom is 0.193 e. The van der Waals surface area contributed by atoms with Gasteiger partial charge < -0.3 is 20.1 Å². The van der Waals surface area contributed by atoms with Gasteiger partial charge in [0.15, 0.2) is 5.96 Å². The topological polar surface area (TPSA) is 73.0 Å². The number of rotatable bonds is 6. The van der Waals surface area contributed by atoms with E-state index >= 15 is 0 Å². The second kappa shape index (κ2) is 8.06. The number of hydrogen-bond donors (Lipinski definition) is 1. The second-order valence-electron chi connectivity index (χ2n) is 7.41. The largest absolute Gasteiger partial charge is 0.497 e. The predicted octanol–water partition coefficient (Wildman–Crippen LogP) is 3.48. The fourth-order valence-electron chi connectivity index (χ4n) is 3.87. The van der Waals surface area contributed by atoms with Crippen LogP contribution < -0.4 is 15.2 Å². The van der Waals surface area contributed by atoms with E-state index < -0.39 is 5.54 Å². The molecule has 2 aromatic carbocycles. The summed E-state index contributed by atoms with van der Waals surface area (Å²) in [6.45, 7) is 3.29. The average molecular weight is 402 g/mol. The van der Waals surface area contributed by atoms with Crippen molar-refractivity contribution < 1.29 is 9.47 Å². The molecule has 4 rings (SSSR count). The summed E-state index contributed by atoms with van der Waals surface area (Å²) >= 11 is 0. The minimum absolute atomic E-state index is 0.506. The number of aryl methyl sites for hydroxylation is 1. The van der Waals surface area contributed by atoms with Gasteiger partial charge in [0, 0.05) is 6.20 Å². The van der Waals surface area contributed by atoms with Crippen LogP contribution in [0.3, 0.4) is 0 Å². The van der Waals surface area contributed by atoms with Crippen molar-refractivity contribution in [3.63, 3.8) is 0 Å². The SMILES string of the molecule is COc1ccc(C2(c3ccc(OC)cc3)CN(Cc3ncccc3C)C(N)=N2)cc1. The van der Waals surface area contributed by atoms with E-state index in [2.05, 4.69) is 47.1 Å². The normalized spacial score (nSPS) is 15.0. The molecular formula is C24H26N4O2. The zero-order chi connectivity index (χ0) is 21.1. The molecule has 0 saturated heterocycles. The fraction of sp³-hybridized carbons (Fsp3) is 0.250. The summed E-state index contributed by atoms with van der Waals surface area (Å²) in [5, 5.41) is 0. The molecule has 0 unspecified atom stereocenters. The van der Waals surface area contributed by atoms with Crippen LogP contribution in [0.5, 0.6) is 11.5 Å². The fourth-order valence-corrected chi connectivity index (χ4v) is 3.87. The Morgan fingerprint density at radius 2 is 1.50 bits per heavy atom. The van der Waals surface area contributed by atoms with Crippen molar-refractivity contribution >= 4 is 5.96 Å². The van der Waals surface area contributed by atoms with E-state index in [0.29, 0.717) is 19.0 Å². The first-order valence-corrected chi connectivity index (χ1v) is 9.85. The number of benzene rings is 2. The van der Waals surface area contributed by atoms with E-state index in [1.807, 2.05) is 36.5 Å². The van der Waals surface area contributed by atoms with Gasteiger partial charge in [-0.3, -0.25) is 4.98 Å². The molecule has 3 aromatic rings. The Bertz CT molecular complexity index is 998. The van der Waals surface area contributed by atoms with Crippen molar-refractivity contribution in [3.8, 4) is 11.5 Å². The summed E-state index contributed by atoms with van der Waals surface area (Å²) in [5.74, 6) is 2.12. The molecule has 0 spiro atoms. The van der Waals surface area contributed by atoms with Crippen LogP contribution in [0.25, 0.3) is 0 Å². The van der Waals surface area contributed by atoms with E-state index in [9.17, 15) is 0 Å². The summed E-state index contributed by atoms with van der Waals surface area (Å²) in [6.07, 6.45) is 1.81. The molecule has 30 heavy (non-hydrogen) atoms. The lowest BCUT2D eigenvalue weighted by atomic mass is 9.83. The van der Waals surface area contributed by atoms with Gasteiger partial charge in [-0.1, -0.05) is 30.3 Å². The molecule has 0 aliphatic carbocycles. The van der Waals surface area contributed by atoms with Gasteiger partial charge in [0.05, 0.1) is 33.0 Å². The van der Waals surface area contributed by atoms with Crippen molar-refractivity contribution in [3.05, 3.63) is 89.2 Å². The first-order valence-electron chi connectivity index (χ1n) is 9.85. The lowest BCUT2D eigenvalue weighted by Gasteiger charge is -2.29. The van der Waals surface area contributed by atoms with Crippen molar-refractivity contribution in [2.45, 2.75) is 19.0 Å². The molecular weight excluding hydrogens is 376 g/mol. The molecule has 0 radical (unpaired) electrons. The van der Waals surface area contributed by atoms with E-state index in [-0.39, 0.29) is 0 Å². The number of aromatic nitrogens is 1. The Labute approximate surface area is 177 Å². The third-order valence-electron chi connectivity index (χ3n) is 5.64. The van der Waals surface area contributed by atoms with E-state index in [0.717, 1.165) is 33.9 Å². The van der Waals surface area contributed by atoms with Crippen LogP contribution in [0.4, 0.5) is 0 Å². The first kappa shape index (κ1) is 19.8. The zero-order valence-corrected chi connectivity index (χ0v) is 17.5. The summed E-state index contributed by atoms with van der Waals surface area (Å²) in [7, 11) is 3.33. The van der Waals surface area contributed by atoms with Gasteiger partial charge in [0.25, 0.3) is 0 Å². The van der Waals surface area contributed by atoms with Crippen LogP contribution in [0, 0.1) is 6.92 Å². The number of hydrogen-bond acceptors (Lipinski definition) is 6. The zero-order valence-electron chi connectivity index (χ0n) is 17.5. The number of nitrogens with zero attached hydrogens (tertiary/aromatic N) is 3. The highest BCUT2D eigenvalue weighted by molar-refractivity contribution is 5.82. The van der Waals surface area contributed by atoms with Gasteiger partial charge in [-0.25, -0.2) is 4.99 Å². The average Bonchev–Trinajstić information content (AvgIpc) is 3.12. The summed E-state index contributed by atoms with van der Waals surface area (Å²) in [4.78, 5) is 11.6. The highest BCUT2D eigenvalue weighted by Gasteiger charge is 2.42. The van der Waals surface area contributed by atoms with Gasteiger partial charge in [-0.05, 0) is 53.9 Å². The molecule has 0 fully saturated rings. The van der Waals surface area contributed by atoms with Crippen LogP contribution in [-0.2, 0) is 12.1 Å². The van der Waals surface area contributed by atoms with Gasteiger partial charge >= 0.3 is 0 Å². The Kier molecular flexibility index (Phi) is 5.31. The highest BCUT2D eigenvalue weighted by Crippen LogP contribution is 2.40. The van der Waals surface area contributed by atoms with Gasteiger partial charge in [0.1, 0.15) is 17.0 Å². The Morgan fingerprint density at radius 3 is 2.00 bits per heavy atom. The minimum atomic E-state index is -0.620. The molecule has 154 valence electrons. The van der Waals surface area contributed by atoms with Crippen molar-refractivity contribution in [2.24, 2.45) is 10.7 Å². The van der Waals surface area contributed by atoms with Gasteiger partial charge in [0.2, 0.25) is 0 Å². The van der Waals surface area contributed by atoms with Crippen LogP contribution >= 0.6 is 0 Å².